The van der Waals surface area contributed by atoms with Gasteiger partial charge in [0.1, 0.15) is 0 Å². The summed E-state index contributed by atoms with van der Waals surface area (Å²) in [4.78, 5) is 17.7. The largest absolute Gasteiger partial charge is 0.361 e. The fraction of sp³-hybridized carbons (Fsp3) is 0.500. The number of nitrogens with one attached hydrogen (secondary N) is 1. The second-order valence-corrected chi connectivity index (χ2v) is 6.03. The molecule has 2 aromatic rings. The number of aromatic nitrogens is 1. The number of carbonyl (C=O) groups excluding carboxylic acids is 1. The van der Waals surface area contributed by atoms with Crippen molar-refractivity contribution in [3.63, 3.8) is 0 Å². The predicted molar refractivity (Wildman–Crippen MR) is 86.3 cm³/mol. The highest BCUT2D eigenvalue weighted by molar-refractivity contribution is 5.83. The molecule has 1 aromatic carbocycles. The lowest BCUT2D eigenvalue weighted by molar-refractivity contribution is -0.131. The summed E-state index contributed by atoms with van der Waals surface area (Å²) in [5.41, 5.74) is 2.51. The van der Waals surface area contributed by atoms with E-state index in [1.165, 1.54) is 29.3 Å². The predicted octanol–water partition coefficient (Wildman–Crippen LogP) is 3.89. The van der Waals surface area contributed by atoms with Gasteiger partial charge in [-0.15, -0.1) is 0 Å². The summed E-state index contributed by atoms with van der Waals surface area (Å²) >= 11 is 0. The van der Waals surface area contributed by atoms with Crippen molar-refractivity contribution in [2.45, 2.75) is 51.5 Å². The van der Waals surface area contributed by atoms with Gasteiger partial charge in [-0.2, -0.15) is 0 Å². The van der Waals surface area contributed by atoms with Gasteiger partial charge >= 0.3 is 0 Å². The average molecular weight is 284 g/mol. The van der Waals surface area contributed by atoms with Crippen LogP contribution in [0.25, 0.3) is 10.9 Å². The minimum Gasteiger partial charge on any atom is -0.361 e. The SMILES string of the molecule is CCCN(C(=O)CCCc1c[nH]c2ccccc12)C1CC1. The Morgan fingerprint density at radius 3 is 2.90 bits per heavy atom. The Morgan fingerprint density at radius 1 is 1.33 bits per heavy atom. The van der Waals surface area contributed by atoms with E-state index in [1.807, 2.05) is 6.07 Å². The van der Waals surface area contributed by atoms with Crippen molar-refractivity contribution in [2.24, 2.45) is 0 Å². The second kappa shape index (κ2) is 6.33. The summed E-state index contributed by atoms with van der Waals surface area (Å²) in [5.74, 6) is 0.346. The van der Waals surface area contributed by atoms with Crippen LogP contribution in [0.2, 0.25) is 0 Å². The van der Waals surface area contributed by atoms with Crippen LogP contribution in [0, 0.1) is 0 Å². The zero-order valence-corrected chi connectivity index (χ0v) is 12.8. The van der Waals surface area contributed by atoms with Crippen LogP contribution in [0.15, 0.2) is 30.5 Å². The Kier molecular flexibility index (Phi) is 4.28. The molecule has 3 heteroatoms. The Morgan fingerprint density at radius 2 is 2.14 bits per heavy atom. The van der Waals surface area contributed by atoms with E-state index in [0.29, 0.717) is 18.4 Å². The lowest BCUT2D eigenvalue weighted by Gasteiger charge is -2.21. The summed E-state index contributed by atoms with van der Waals surface area (Å²) in [6.45, 7) is 3.07. The zero-order chi connectivity index (χ0) is 14.7. The number of nitrogens with zero attached hydrogens (tertiary/aromatic N) is 1. The maximum Gasteiger partial charge on any atom is 0.222 e. The molecule has 3 rings (SSSR count). The fourth-order valence-corrected chi connectivity index (χ4v) is 3.05. The molecule has 0 saturated heterocycles. The van der Waals surface area contributed by atoms with E-state index in [-0.39, 0.29) is 0 Å². The molecule has 1 N–H and O–H groups in total. The van der Waals surface area contributed by atoms with Crippen LogP contribution in [-0.2, 0) is 11.2 Å². The highest BCUT2D eigenvalue weighted by Gasteiger charge is 2.31. The summed E-state index contributed by atoms with van der Waals surface area (Å²) in [6, 6.07) is 8.91. The Labute approximate surface area is 126 Å². The molecule has 1 fully saturated rings. The fourth-order valence-electron chi connectivity index (χ4n) is 3.05. The number of benzene rings is 1. The van der Waals surface area contributed by atoms with Crippen LogP contribution in [0.4, 0.5) is 0 Å². The Hall–Kier alpha value is -1.77. The third-order valence-electron chi connectivity index (χ3n) is 4.28. The number of rotatable bonds is 7. The van der Waals surface area contributed by atoms with Gasteiger partial charge in [-0.3, -0.25) is 4.79 Å². The van der Waals surface area contributed by atoms with E-state index in [9.17, 15) is 4.79 Å². The molecule has 3 nitrogen and oxygen atoms in total. The van der Waals surface area contributed by atoms with Crippen molar-refractivity contribution in [1.29, 1.82) is 0 Å². The lowest BCUT2D eigenvalue weighted by atomic mass is 10.1. The molecule has 0 bridgehead atoms. The Balaban J connectivity index is 1.54. The molecule has 21 heavy (non-hydrogen) atoms. The van der Waals surface area contributed by atoms with E-state index < -0.39 is 0 Å². The van der Waals surface area contributed by atoms with E-state index in [0.717, 1.165) is 25.8 Å². The van der Waals surface area contributed by atoms with Gasteiger partial charge in [0.2, 0.25) is 5.91 Å². The average Bonchev–Trinajstić information content (AvgIpc) is 3.26. The van der Waals surface area contributed by atoms with Crippen LogP contribution in [0.5, 0.6) is 0 Å². The third kappa shape index (κ3) is 3.29. The van der Waals surface area contributed by atoms with Gasteiger partial charge in [0.15, 0.2) is 0 Å². The number of carbonyl (C=O) groups is 1. The standard InChI is InChI=1S/C18H24N2O/c1-2-12-20(15-10-11-15)18(21)9-5-6-14-13-19-17-8-4-3-7-16(14)17/h3-4,7-8,13,15,19H,2,5-6,9-12H2,1H3. The smallest absolute Gasteiger partial charge is 0.222 e. The van der Waals surface area contributed by atoms with Gasteiger partial charge in [0.05, 0.1) is 0 Å². The minimum atomic E-state index is 0.346. The van der Waals surface area contributed by atoms with Gasteiger partial charge in [0, 0.05) is 36.1 Å². The molecule has 1 aromatic heterocycles. The monoisotopic (exact) mass is 284 g/mol. The van der Waals surface area contributed by atoms with Gasteiger partial charge in [-0.05, 0) is 43.7 Å². The van der Waals surface area contributed by atoms with E-state index in [4.69, 9.17) is 0 Å². The normalized spacial score (nSPS) is 14.5. The summed E-state index contributed by atoms with van der Waals surface area (Å²) in [5, 5.41) is 1.29. The number of fused-ring (bicyclic) bond motifs is 1. The van der Waals surface area contributed by atoms with Gasteiger partial charge in [-0.1, -0.05) is 25.1 Å². The van der Waals surface area contributed by atoms with Gasteiger partial charge < -0.3 is 9.88 Å². The minimum absolute atomic E-state index is 0.346. The molecule has 112 valence electrons. The first-order valence-corrected chi connectivity index (χ1v) is 8.14. The molecule has 0 spiro atoms. The molecule has 1 aliphatic carbocycles. The van der Waals surface area contributed by atoms with Crippen molar-refractivity contribution in [3.05, 3.63) is 36.0 Å². The summed E-state index contributed by atoms with van der Waals surface area (Å²) < 4.78 is 0. The van der Waals surface area contributed by atoms with Crippen molar-refractivity contribution in [3.8, 4) is 0 Å². The van der Waals surface area contributed by atoms with Crippen molar-refractivity contribution in [1.82, 2.24) is 9.88 Å². The highest BCUT2D eigenvalue weighted by atomic mass is 16.2. The van der Waals surface area contributed by atoms with Crippen molar-refractivity contribution >= 4 is 16.8 Å². The lowest BCUT2D eigenvalue weighted by Crippen LogP contribution is -2.33. The molecule has 0 radical (unpaired) electrons. The van der Waals surface area contributed by atoms with Gasteiger partial charge in [0.25, 0.3) is 0 Å². The molecule has 1 aliphatic rings. The van der Waals surface area contributed by atoms with E-state index >= 15 is 0 Å². The molecular weight excluding hydrogens is 260 g/mol. The molecule has 1 amide bonds. The van der Waals surface area contributed by atoms with Crippen LogP contribution < -0.4 is 0 Å². The molecule has 0 unspecified atom stereocenters. The Bertz CT molecular complexity index is 612. The van der Waals surface area contributed by atoms with Crippen LogP contribution in [-0.4, -0.2) is 28.4 Å². The maximum atomic E-state index is 12.3. The number of amides is 1. The number of hydrogen-bond donors (Lipinski definition) is 1. The number of hydrogen-bond acceptors (Lipinski definition) is 1. The number of H-pyrrole nitrogens is 1. The third-order valence-corrected chi connectivity index (χ3v) is 4.28. The van der Waals surface area contributed by atoms with Crippen LogP contribution in [0.3, 0.4) is 0 Å². The zero-order valence-electron chi connectivity index (χ0n) is 12.8. The molecule has 0 aliphatic heterocycles. The highest BCUT2D eigenvalue weighted by Crippen LogP contribution is 2.28. The molecule has 0 atom stereocenters. The molecule has 1 heterocycles. The van der Waals surface area contributed by atoms with Crippen LogP contribution in [0.1, 0.15) is 44.6 Å². The molecular formula is C18H24N2O. The maximum absolute atomic E-state index is 12.3. The van der Waals surface area contributed by atoms with Crippen molar-refractivity contribution < 1.29 is 4.79 Å². The van der Waals surface area contributed by atoms with Crippen LogP contribution >= 0.6 is 0 Å². The van der Waals surface area contributed by atoms with Gasteiger partial charge in [-0.25, -0.2) is 0 Å². The first-order chi connectivity index (χ1) is 10.3. The molecule has 1 saturated carbocycles. The number of aryl methyl sites for hydroxylation is 1. The second-order valence-electron chi connectivity index (χ2n) is 6.03. The number of para-hydroxylation sites is 1. The first kappa shape index (κ1) is 14.2. The topological polar surface area (TPSA) is 36.1 Å². The quantitative estimate of drug-likeness (QED) is 0.822. The van der Waals surface area contributed by atoms with Crippen molar-refractivity contribution in [2.75, 3.05) is 6.54 Å². The van der Waals surface area contributed by atoms with E-state index in [2.05, 4.69) is 41.2 Å². The summed E-state index contributed by atoms with van der Waals surface area (Å²) in [6.07, 6.45) is 8.14. The summed E-state index contributed by atoms with van der Waals surface area (Å²) in [7, 11) is 0. The first-order valence-electron chi connectivity index (χ1n) is 8.14. The van der Waals surface area contributed by atoms with E-state index in [1.54, 1.807) is 0 Å². The number of aromatic amines is 1.